The smallest absolute Gasteiger partial charge is 0.254 e. The molecule has 1 saturated heterocycles. The van der Waals surface area contributed by atoms with E-state index in [0.717, 1.165) is 35.5 Å². The van der Waals surface area contributed by atoms with E-state index in [-0.39, 0.29) is 30.4 Å². The van der Waals surface area contributed by atoms with E-state index in [1.807, 2.05) is 56.3 Å². The highest BCUT2D eigenvalue weighted by molar-refractivity contribution is 6.33. The van der Waals surface area contributed by atoms with E-state index < -0.39 is 0 Å². The van der Waals surface area contributed by atoms with Crippen LogP contribution in [0.4, 0.5) is 11.8 Å². The zero-order chi connectivity index (χ0) is 27.5. The molecule has 0 aliphatic carbocycles. The first kappa shape index (κ1) is 26.8. The Morgan fingerprint density at radius 3 is 2.77 bits per heavy atom. The second-order valence-electron chi connectivity index (χ2n) is 10.1. The van der Waals surface area contributed by atoms with Crippen LogP contribution >= 0.6 is 11.6 Å². The number of aromatic nitrogens is 3. The molecule has 10 nitrogen and oxygen atoms in total. The highest BCUT2D eigenvalue weighted by Gasteiger charge is 2.30. The van der Waals surface area contributed by atoms with E-state index in [9.17, 15) is 9.59 Å². The molecule has 1 aromatic carbocycles. The number of pyridine rings is 1. The summed E-state index contributed by atoms with van der Waals surface area (Å²) in [7, 11) is 3.83. The number of ether oxygens (including phenoxy) is 1. The number of anilines is 2. The molecule has 0 unspecified atom stereocenters. The maximum Gasteiger partial charge on any atom is 0.254 e. The van der Waals surface area contributed by atoms with Gasteiger partial charge in [-0.15, -0.1) is 0 Å². The molecule has 3 aromatic rings. The topological polar surface area (TPSA) is 113 Å². The zero-order valence-electron chi connectivity index (χ0n) is 22.3. The van der Waals surface area contributed by atoms with Crippen LogP contribution in [0.3, 0.4) is 0 Å². The van der Waals surface area contributed by atoms with Crippen LogP contribution in [0.1, 0.15) is 47.4 Å². The molecule has 2 N–H and O–H groups in total. The van der Waals surface area contributed by atoms with Gasteiger partial charge in [0.1, 0.15) is 12.4 Å². The fourth-order valence-corrected chi connectivity index (χ4v) is 4.96. The molecule has 204 valence electrons. The van der Waals surface area contributed by atoms with Gasteiger partial charge in [-0.25, -0.2) is 15.0 Å². The van der Waals surface area contributed by atoms with Crippen LogP contribution in [-0.4, -0.2) is 71.6 Å². The predicted molar refractivity (Wildman–Crippen MR) is 150 cm³/mol. The molecule has 0 bridgehead atoms. The van der Waals surface area contributed by atoms with Gasteiger partial charge in [-0.3, -0.25) is 9.59 Å². The summed E-state index contributed by atoms with van der Waals surface area (Å²) >= 11 is 6.46. The fourth-order valence-electron chi connectivity index (χ4n) is 4.76. The molecule has 1 fully saturated rings. The molecule has 39 heavy (non-hydrogen) atoms. The Labute approximate surface area is 232 Å². The van der Waals surface area contributed by atoms with Crippen molar-refractivity contribution in [1.29, 1.82) is 0 Å². The summed E-state index contributed by atoms with van der Waals surface area (Å²) in [6.07, 6.45) is 3.34. The van der Waals surface area contributed by atoms with Crippen LogP contribution in [0.5, 0.6) is 0 Å². The van der Waals surface area contributed by atoms with Crippen molar-refractivity contribution in [3.05, 3.63) is 64.4 Å². The van der Waals surface area contributed by atoms with Crippen LogP contribution in [0.15, 0.2) is 42.6 Å². The Bertz CT molecular complexity index is 1380. The Balaban J connectivity index is 1.26. The monoisotopic (exact) mass is 549 g/mol. The van der Waals surface area contributed by atoms with Crippen LogP contribution in [0.2, 0.25) is 5.02 Å². The fraction of sp³-hybridized carbons (Fsp3) is 0.393. The van der Waals surface area contributed by atoms with Crippen molar-refractivity contribution in [2.24, 2.45) is 0 Å². The number of carbonyl (C=O) groups excluding carboxylic acids is 2. The van der Waals surface area contributed by atoms with Gasteiger partial charge in [0, 0.05) is 51.0 Å². The number of hydrogen-bond donors (Lipinski definition) is 2. The van der Waals surface area contributed by atoms with Crippen LogP contribution < -0.4 is 15.5 Å². The van der Waals surface area contributed by atoms with Gasteiger partial charge in [0.05, 0.1) is 28.6 Å². The van der Waals surface area contributed by atoms with Gasteiger partial charge in [-0.2, -0.15) is 0 Å². The van der Waals surface area contributed by atoms with Gasteiger partial charge in [-0.1, -0.05) is 29.8 Å². The quantitative estimate of drug-likeness (QED) is 0.437. The first-order chi connectivity index (χ1) is 18.8. The molecule has 0 spiro atoms. The van der Waals surface area contributed by atoms with Gasteiger partial charge in [0.25, 0.3) is 5.91 Å². The summed E-state index contributed by atoms with van der Waals surface area (Å²) in [4.78, 5) is 43.1. The van der Waals surface area contributed by atoms with E-state index in [2.05, 4.69) is 25.6 Å². The number of nitrogens with one attached hydrogen (secondary N) is 2. The van der Waals surface area contributed by atoms with Gasteiger partial charge >= 0.3 is 0 Å². The second kappa shape index (κ2) is 11.5. The third-order valence-electron chi connectivity index (χ3n) is 6.93. The lowest BCUT2D eigenvalue weighted by molar-refractivity contribution is -0.122. The lowest BCUT2D eigenvalue weighted by atomic mass is 10.0. The van der Waals surface area contributed by atoms with E-state index in [4.69, 9.17) is 16.3 Å². The summed E-state index contributed by atoms with van der Waals surface area (Å²) in [5.74, 6) is 0.854. The number of carbonyl (C=O) groups is 2. The summed E-state index contributed by atoms with van der Waals surface area (Å²) < 4.78 is 5.42. The lowest BCUT2D eigenvalue weighted by Crippen LogP contribution is -2.38. The van der Waals surface area contributed by atoms with Crippen molar-refractivity contribution < 1.29 is 14.3 Å². The van der Waals surface area contributed by atoms with Crippen LogP contribution in [0, 0.1) is 0 Å². The molecular weight excluding hydrogens is 518 g/mol. The van der Waals surface area contributed by atoms with Gasteiger partial charge in [0.15, 0.2) is 0 Å². The molecule has 2 aromatic heterocycles. The van der Waals surface area contributed by atoms with Gasteiger partial charge < -0.3 is 25.2 Å². The minimum absolute atomic E-state index is 0.0476. The molecule has 1 atom stereocenters. The van der Waals surface area contributed by atoms with Crippen molar-refractivity contribution in [3.8, 4) is 11.3 Å². The summed E-state index contributed by atoms with van der Waals surface area (Å²) in [5.41, 5.74) is 3.42. The number of benzene rings is 1. The molecule has 11 heteroatoms. The minimum Gasteiger partial charge on any atom is -0.381 e. The molecule has 2 aliphatic rings. The molecule has 2 aliphatic heterocycles. The summed E-state index contributed by atoms with van der Waals surface area (Å²) in [5, 5.41) is 6.71. The Morgan fingerprint density at radius 2 is 2.00 bits per heavy atom. The average Bonchev–Trinajstić information content (AvgIpc) is 3.24. The number of halogens is 1. The number of fused-ring (bicyclic) bond motifs is 1. The Kier molecular flexibility index (Phi) is 7.94. The standard InChI is InChI=1S/C28H32ClN7O3/c1-17(23-5-4-6-24(33-23)35(2)3)31-25(37)16-36-15-19-8-7-18(13-21(19)27(36)38)26-22(29)14-30-28(34-26)32-20-9-11-39-12-10-20/h4-8,13-14,17,20H,9-12,15-16H2,1-3H3,(H,31,37)(H,30,32,34)/t17-/m1/s1. The Hall–Kier alpha value is -3.76. The first-order valence-electron chi connectivity index (χ1n) is 13.0. The van der Waals surface area contributed by atoms with Crippen molar-refractivity contribution in [2.75, 3.05) is 44.1 Å². The SMILES string of the molecule is C[C@@H](NC(=O)CN1Cc2ccc(-c3nc(NC4CCOCC4)ncc3Cl)cc2C1=O)c1cccc(N(C)C)n1. The van der Waals surface area contributed by atoms with Gasteiger partial charge in [-0.05, 0) is 43.5 Å². The molecule has 2 amide bonds. The number of nitrogens with zero attached hydrogens (tertiary/aromatic N) is 5. The molecular formula is C28H32ClN7O3. The van der Waals surface area contributed by atoms with Gasteiger partial charge in [0.2, 0.25) is 11.9 Å². The average molecular weight is 550 g/mol. The maximum atomic E-state index is 13.2. The van der Waals surface area contributed by atoms with Crippen molar-refractivity contribution in [3.63, 3.8) is 0 Å². The van der Waals surface area contributed by atoms with E-state index >= 15 is 0 Å². The van der Waals surface area contributed by atoms with E-state index in [1.54, 1.807) is 17.2 Å². The van der Waals surface area contributed by atoms with E-state index in [1.165, 1.54) is 0 Å². The van der Waals surface area contributed by atoms with Crippen molar-refractivity contribution in [2.45, 2.75) is 38.4 Å². The number of amides is 2. The third-order valence-corrected chi connectivity index (χ3v) is 7.21. The number of rotatable bonds is 8. The van der Waals surface area contributed by atoms with Crippen LogP contribution in [-0.2, 0) is 16.1 Å². The van der Waals surface area contributed by atoms with Crippen molar-refractivity contribution >= 4 is 35.2 Å². The third kappa shape index (κ3) is 6.12. The molecule has 0 saturated carbocycles. The molecule has 4 heterocycles. The summed E-state index contributed by atoms with van der Waals surface area (Å²) in [6, 6.07) is 11.2. The van der Waals surface area contributed by atoms with Crippen molar-refractivity contribution in [1.82, 2.24) is 25.2 Å². The maximum absolute atomic E-state index is 13.2. The van der Waals surface area contributed by atoms with E-state index in [0.29, 0.717) is 42.0 Å². The molecule has 0 radical (unpaired) electrons. The van der Waals surface area contributed by atoms with Crippen LogP contribution in [0.25, 0.3) is 11.3 Å². The number of hydrogen-bond acceptors (Lipinski definition) is 8. The highest BCUT2D eigenvalue weighted by Crippen LogP contribution is 2.31. The Morgan fingerprint density at radius 1 is 1.21 bits per heavy atom. The predicted octanol–water partition coefficient (Wildman–Crippen LogP) is 3.68. The normalized spacial score (nSPS) is 16.1. The zero-order valence-corrected chi connectivity index (χ0v) is 23.0. The highest BCUT2D eigenvalue weighted by atomic mass is 35.5. The minimum atomic E-state index is -0.298. The summed E-state index contributed by atoms with van der Waals surface area (Å²) in [6.45, 7) is 3.60. The second-order valence-corrected chi connectivity index (χ2v) is 10.5. The lowest BCUT2D eigenvalue weighted by Gasteiger charge is -2.23. The largest absolute Gasteiger partial charge is 0.381 e. The molecule has 5 rings (SSSR count). The first-order valence-corrected chi connectivity index (χ1v) is 13.4.